The number of thiophene rings is 1. The summed E-state index contributed by atoms with van der Waals surface area (Å²) in [5, 5.41) is 0.774. The zero-order valence-electron chi connectivity index (χ0n) is 15.8. The minimum atomic E-state index is -0.0275. The fourth-order valence-corrected chi connectivity index (χ4v) is 6.59. The number of carbonyl (C=O) groups excluding carboxylic acids is 1. The fraction of sp³-hybridized carbons (Fsp3) is 0.667. The maximum absolute atomic E-state index is 13.1. The Morgan fingerprint density at radius 1 is 1.11 bits per heavy atom. The summed E-state index contributed by atoms with van der Waals surface area (Å²) in [6.45, 7) is 1.85. The maximum Gasteiger partial charge on any atom is 0.262 e. The summed E-state index contributed by atoms with van der Waals surface area (Å²) in [4.78, 5) is 34.6. The van der Waals surface area contributed by atoms with Crippen LogP contribution in [0, 0.1) is 11.8 Å². The van der Waals surface area contributed by atoms with Gasteiger partial charge in [0.1, 0.15) is 11.4 Å². The van der Waals surface area contributed by atoms with Crippen molar-refractivity contribution < 1.29 is 4.79 Å². The zero-order valence-corrected chi connectivity index (χ0v) is 16.6. The third-order valence-corrected chi connectivity index (χ3v) is 8.09. The summed E-state index contributed by atoms with van der Waals surface area (Å²) in [5.74, 6) is 1.55. The molecule has 2 fully saturated rings. The zero-order chi connectivity index (χ0) is 18.4. The highest BCUT2D eigenvalue weighted by Gasteiger charge is 2.33. The number of hydrogen-bond acceptors (Lipinski definition) is 4. The number of amides is 1. The van der Waals surface area contributed by atoms with Crippen molar-refractivity contribution in [3.63, 3.8) is 0 Å². The van der Waals surface area contributed by atoms with Crippen molar-refractivity contribution in [3.05, 3.63) is 27.1 Å². The summed E-state index contributed by atoms with van der Waals surface area (Å²) in [5.41, 5.74) is 1.17. The quantitative estimate of drug-likeness (QED) is 0.796. The lowest BCUT2D eigenvalue weighted by Gasteiger charge is -2.41. The summed E-state index contributed by atoms with van der Waals surface area (Å²) in [7, 11) is 0. The largest absolute Gasteiger partial charge is 0.341 e. The molecule has 0 radical (unpaired) electrons. The van der Waals surface area contributed by atoms with Gasteiger partial charge in [0.05, 0.1) is 11.7 Å². The summed E-state index contributed by atoms with van der Waals surface area (Å²) in [6, 6.07) is 0. The van der Waals surface area contributed by atoms with Gasteiger partial charge in [0.2, 0.25) is 5.91 Å². The molecule has 6 heteroatoms. The predicted octanol–water partition coefficient (Wildman–Crippen LogP) is 3.38. The van der Waals surface area contributed by atoms with E-state index in [4.69, 9.17) is 0 Å². The topological polar surface area (TPSA) is 55.2 Å². The Bertz CT molecular complexity index is 931. The number of carbonyl (C=O) groups is 1. The average molecular weight is 386 g/mol. The highest BCUT2D eigenvalue weighted by Crippen LogP contribution is 2.36. The Balaban J connectivity index is 1.37. The lowest BCUT2D eigenvalue weighted by atomic mass is 9.75. The number of aromatic nitrogens is 2. The van der Waals surface area contributed by atoms with E-state index < -0.39 is 0 Å². The normalized spacial score (nSPS) is 25.3. The SMILES string of the molecule is O=C(Cn1cnc2sc3c(c2c1=O)CCCC3)N1CC[C@@H]2CCCC[C@H]2C1. The lowest BCUT2D eigenvalue weighted by Crippen LogP contribution is -2.46. The Kier molecular flexibility index (Phi) is 4.54. The minimum absolute atomic E-state index is 0.0275. The van der Waals surface area contributed by atoms with Crippen LogP contribution in [0.2, 0.25) is 0 Å². The van der Waals surface area contributed by atoms with Crippen molar-refractivity contribution in [1.82, 2.24) is 14.5 Å². The third kappa shape index (κ3) is 3.12. The van der Waals surface area contributed by atoms with Crippen LogP contribution in [0.1, 0.15) is 55.4 Å². The van der Waals surface area contributed by atoms with E-state index in [1.165, 1.54) is 42.5 Å². The van der Waals surface area contributed by atoms with Gasteiger partial charge in [0.25, 0.3) is 5.56 Å². The van der Waals surface area contributed by atoms with Gasteiger partial charge in [0, 0.05) is 18.0 Å². The van der Waals surface area contributed by atoms with Gasteiger partial charge < -0.3 is 4.90 Å². The molecule has 1 aliphatic heterocycles. The van der Waals surface area contributed by atoms with Crippen molar-refractivity contribution in [1.29, 1.82) is 0 Å². The molecule has 0 aromatic carbocycles. The van der Waals surface area contributed by atoms with Crippen LogP contribution >= 0.6 is 11.3 Å². The molecule has 27 heavy (non-hydrogen) atoms. The van der Waals surface area contributed by atoms with Crippen LogP contribution < -0.4 is 5.56 Å². The van der Waals surface area contributed by atoms with Crippen LogP contribution in [-0.4, -0.2) is 33.4 Å². The van der Waals surface area contributed by atoms with E-state index in [1.54, 1.807) is 22.2 Å². The predicted molar refractivity (Wildman–Crippen MR) is 107 cm³/mol. The van der Waals surface area contributed by atoms with E-state index in [0.717, 1.165) is 54.9 Å². The Morgan fingerprint density at radius 2 is 1.93 bits per heavy atom. The molecule has 1 amide bonds. The molecule has 3 aliphatic rings. The van der Waals surface area contributed by atoms with Crippen LogP contribution in [0.3, 0.4) is 0 Å². The molecule has 0 unspecified atom stereocenters. The smallest absolute Gasteiger partial charge is 0.262 e. The Labute approximate surface area is 163 Å². The van der Waals surface area contributed by atoms with Gasteiger partial charge in [-0.05, 0) is 55.9 Å². The monoisotopic (exact) mass is 385 g/mol. The second-order valence-electron chi connectivity index (χ2n) is 8.50. The molecular weight excluding hydrogens is 358 g/mol. The lowest BCUT2D eigenvalue weighted by molar-refractivity contribution is -0.135. The molecule has 1 saturated carbocycles. The molecule has 2 aromatic rings. The van der Waals surface area contributed by atoms with E-state index in [0.29, 0.717) is 5.92 Å². The second kappa shape index (κ2) is 7.04. The molecule has 1 saturated heterocycles. The first-order chi connectivity index (χ1) is 13.2. The van der Waals surface area contributed by atoms with E-state index in [1.807, 2.05) is 4.90 Å². The van der Waals surface area contributed by atoms with Gasteiger partial charge in [0.15, 0.2) is 0 Å². The minimum Gasteiger partial charge on any atom is -0.341 e. The summed E-state index contributed by atoms with van der Waals surface area (Å²) >= 11 is 1.66. The molecule has 2 aromatic heterocycles. The van der Waals surface area contributed by atoms with Crippen molar-refractivity contribution in [3.8, 4) is 0 Å². The number of rotatable bonds is 2. The molecule has 5 rings (SSSR count). The van der Waals surface area contributed by atoms with Crippen molar-refractivity contribution in [2.45, 2.75) is 64.3 Å². The molecule has 5 nitrogen and oxygen atoms in total. The number of likely N-dealkylation sites (tertiary alicyclic amines) is 1. The number of aryl methyl sites for hydroxylation is 2. The molecule has 0 bridgehead atoms. The first kappa shape index (κ1) is 17.4. The fourth-order valence-electron chi connectivity index (χ4n) is 5.37. The highest BCUT2D eigenvalue weighted by atomic mass is 32.1. The number of hydrogen-bond donors (Lipinski definition) is 0. The number of nitrogens with zero attached hydrogens (tertiary/aromatic N) is 3. The van der Waals surface area contributed by atoms with E-state index in [9.17, 15) is 9.59 Å². The highest BCUT2D eigenvalue weighted by molar-refractivity contribution is 7.18. The van der Waals surface area contributed by atoms with E-state index >= 15 is 0 Å². The van der Waals surface area contributed by atoms with Crippen molar-refractivity contribution in [2.24, 2.45) is 11.8 Å². The van der Waals surface area contributed by atoms with Gasteiger partial charge in [-0.15, -0.1) is 11.3 Å². The van der Waals surface area contributed by atoms with Gasteiger partial charge >= 0.3 is 0 Å². The molecule has 3 heterocycles. The van der Waals surface area contributed by atoms with E-state index in [2.05, 4.69) is 4.98 Å². The van der Waals surface area contributed by atoms with Crippen LogP contribution in [0.4, 0.5) is 0 Å². The van der Waals surface area contributed by atoms with Gasteiger partial charge in [-0.25, -0.2) is 4.98 Å². The molecule has 2 aliphatic carbocycles. The van der Waals surface area contributed by atoms with Crippen LogP contribution in [-0.2, 0) is 24.2 Å². The average Bonchev–Trinajstić information content (AvgIpc) is 3.09. The molecule has 144 valence electrons. The second-order valence-corrected chi connectivity index (χ2v) is 9.59. The Morgan fingerprint density at radius 3 is 2.81 bits per heavy atom. The first-order valence-electron chi connectivity index (χ1n) is 10.5. The molecule has 2 atom stereocenters. The first-order valence-corrected chi connectivity index (χ1v) is 11.3. The van der Waals surface area contributed by atoms with Gasteiger partial charge in [-0.2, -0.15) is 0 Å². The molecule has 0 N–H and O–H groups in total. The van der Waals surface area contributed by atoms with E-state index in [-0.39, 0.29) is 18.0 Å². The maximum atomic E-state index is 13.1. The molecular formula is C21H27N3O2S. The third-order valence-electron chi connectivity index (χ3n) is 6.89. The summed E-state index contributed by atoms with van der Waals surface area (Å²) < 4.78 is 1.54. The summed E-state index contributed by atoms with van der Waals surface area (Å²) in [6.07, 6.45) is 12.3. The number of fused-ring (bicyclic) bond motifs is 4. The van der Waals surface area contributed by atoms with Crippen molar-refractivity contribution in [2.75, 3.05) is 13.1 Å². The van der Waals surface area contributed by atoms with Crippen LogP contribution in [0.5, 0.6) is 0 Å². The number of piperidine rings is 1. The molecule has 0 spiro atoms. The van der Waals surface area contributed by atoms with Crippen LogP contribution in [0.25, 0.3) is 10.2 Å². The van der Waals surface area contributed by atoms with Gasteiger partial charge in [-0.1, -0.05) is 19.3 Å². The van der Waals surface area contributed by atoms with Gasteiger partial charge in [-0.3, -0.25) is 14.2 Å². The van der Waals surface area contributed by atoms with Crippen LogP contribution in [0.15, 0.2) is 11.1 Å². The Hall–Kier alpha value is -1.69. The van der Waals surface area contributed by atoms with Crippen molar-refractivity contribution >= 4 is 27.5 Å². The standard InChI is InChI=1S/C21H27N3O2S/c25-18(23-10-9-14-5-1-2-6-15(14)11-23)12-24-13-22-20-19(21(24)26)16-7-3-4-8-17(16)27-20/h13-15H,1-12H2/t14-,15-/m0/s1.